The Kier molecular flexibility index (Phi) is 5.15. The molecule has 0 unspecified atom stereocenters. The van der Waals surface area contributed by atoms with Crippen molar-refractivity contribution in [3.8, 4) is 6.07 Å². The molecule has 8 heteroatoms. The van der Waals surface area contributed by atoms with Gasteiger partial charge < -0.3 is 5.11 Å². The summed E-state index contributed by atoms with van der Waals surface area (Å²) in [6.45, 7) is 0. The highest BCUT2D eigenvalue weighted by Crippen LogP contribution is 2.24. The van der Waals surface area contributed by atoms with Crippen LogP contribution in [0, 0.1) is 11.3 Å². The predicted octanol–water partition coefficient (Wildman–Crippen LogP) is 1.82. The molecule has 0 bridgehead atoms. The van der Waals surface area contributed by atoms with Crippen LogP contribution in [0.2, 0.25) is 5.02 Å². The van der Waals surface area contributed by atoms with E-state index in [2.05, 4.69) is 4.72 Å². The Labute approximate surface area is 115 Å². The monoisotopic (exact) mass is 302 g/mol. The lowest BCUT2D eigenvalue weighted by atomic mass is 10.2. The van der Waals surface area contributed by atoms with Gasteiger partial charge in [-0.2, -0.15) is 5.26 Å². The van der Waals surface area contributed by atoms with Crippen molar-refractivity contribution in [2.75, 3.05) is 10.5 Å². The van der Waals surface area contributed by atoms with Crippen molar-refractivity contribution in [3.05, 3.63) is 28.8 Å². The molecule has 6 nitrogen and oxygen atoms in total. The van der Waals surface area contributed by atoms with Crippen LogP contribution in [-0.2, 0) is 14.8 Å². The predicted molar refractivity (Wildman–Crippen MR) is 70.4 cm³/mol. The molecule has 0 radical (unpaired) electrons. The maximum Gasteiger partial charge on any atom is 0.303 e. The Morgan fingerprint density at radius 3 is 2.74 bits per heavy atom. The lowest BCUT2D eigenvalue weighted by Crippen LogP contribution is -2.17. The normalized spacial score (nSPS) is 10.7. The zero-order valence-corrected chi connectivity index (χ0v) is 11.3. The van der Waals surface area contributed by atoms with E-state index in [1.807, 2.05) is 6.07 Å². The Morgan fingerprint density at radius 1 is 1.47 bits per heavy atom. The fourth-order valence-corrected chi connectivity index (χ4v) is 2.66. The standard InChI is InChI=1S/C11H11ClN2O4S/c12-9-4-3-8(7-13)6-10(9)14-19(17,18)5-1-2-11(15)16/h3-4,6,14H,1-2,5H2,(H,15,16). The lowest BCUT2D eigenvalue weighted by Gasteiger charge is -2.09. The SMILES string of the molecule is N#Cc1ccc(Cl)c(NS(=O)(=O)CCCC(=O)O)c1. The summed E-state index contributed by atoms with van der Waals surface area (Å²) in [6.07, 6.45) is -0.229. The van der Waals surface area contributed by atoms with E-state index in [0.29, 0.717) is 0 Å². The van der Waals surface area contributed by atoms with Crippen molar-refractivity contribution >= 4 is 33.3 Å². The van der Waals surface area contributed by atoms with Gasteiger partial charge in [-0.3, -0.25) is 9.52 Å². The van der Waals surface area contributed by atoms with Crippen LogP contribution in [0.3, 0.4) is 0 Å². The molecule has 0 saturated heterocycles. The molecule has 0 aliphatic heterocycles. The molecule has 0 atom stereocenters. The van der Waals surface area contributed by atoms with Crippen LogP contribution >= 0.6 is 11.6 Å². The van der Waals surface area contributed by atoms with Crippen LogP contribution in [0.1, 0.15) is 18.4 Å². The van der Waals surface area contributed by atoms with Gasteiger partial charge in [-0.15, -0.1) is 0 Å². The summed E-state index contributed by atoms with van der Waals surface area (Å²) in [4.78, 5) is 10.3. The highest BCUT2D eigenvalue weighted by molar-refractivity contribution is 7.92. The molecule has 2 N–H and O–H groups in total. The number of rotatable bonds is 6. The molecule has 0 fully saturated rings. The second-order valence-electron chi connectivity index (χ2n) is 3.72. The van der Waals surface area contributed by atoms with Crippen molar-refractivity contribution in [3.63, 3.8) is 0 Å². The summed E-state index contributed by atoms with van der Waals surface area (Å²) in [5.74, 6) is -1.38. The van der Waals surface area contributed by atoms with Crippen molar-refractivity contribution in [1.82, 2.24) is 0 Å². The highest BCUT2D eigenvalue weighted by Gasteiger charge is 2.13. The van der Waals surface area contributed by atoms with Gasteiger partial charge in [0.15, 0.2) is 0 Å². The molecule has 0 amide bonds. The van der Waals surface area contributed by atoms with E-state index in [9.17, 15) is 13.2 Å². The second-order valence-corrected chi connectivity index (χ2v) is 5.97. The molecule has 19 heavy (non-hydrogen) atoms. The number of carboxylic acids is 1. The molecule has 0 aromatic heterocycles. The van der Waals surface area contributed by atoms with E-state index in [1.165, 1.54) is 18.2 Å². The van der Waals surface area contributed by atoms with Gasteiger partial charge in [0.05, 0.1) is 28.1 Å². The minimum Gasteiger partial charge on any atom is -0.481 e. The van der Waals surface area contributed by atoms with Crippen molar-refractivity contribution < 1.29 is 18.3 Å². The zero-order chi connectivity index (χ0) is 14.5. The molecular weight excluding hydrogens is 292 g/mol. The maximum absolute atomic E-state index is 11.7. The van der Waals surface area contributed by atoms with Crippen LogP contribution in [0.15, 0.2) is 18.2 Å². The summed E-state index contributed by atoms with van der Waals surface area (Å²) in [6, 6.07) is 6.06. The van der Waals surface area contributed by atoms with Gasteiger partial charge in [0.25, 0.3) is 0 Å². The van der Waals surface area contributed by atoms with E-state index in [4.69, 9.17) is 22.0 Å². The Bertz CT molecular complexity index is 622. The van der Waals surface area contributed by atoms with Gasteiger partial charge in [0.2, 0.25) is 10.0 Å². The molecule has 102 valence electrons. The number of carbonyl (C=O) groups is 1. The number of nitrogens with zero attached hydrogens (tertiary/aromatic N) is 1. The highest BCUT2D eigenvalue weighted by atomic mass is 35.5. The van der Waals surface area contributed by atoms with E-state index >= 15 is 0 Å². The van der Waals surface area contributed by atoms with Crippen LogP contribution in [-0.4, -0.2) is 25.2 Å². The molecule has 0 aliphatic rings. The van der Waals surface area contributed by atoms with Gasteiger partial charge in [0, 0.05) is 6.42 Å². The van der Waals surface area contributed by atoms with E-state index in [-0.39, 0.29) is 34.9 Å². The summed E-state index contributed by atoms with van der Waals surface area (Å²) in [5.41, 5.74) is 0.378. The molecule has 0 spiro atoms. The molecule has 0 aliphatic carbocycles. The number of aliphatic carboxylic acids is 1. The number of halogens is 1. The van der Waals surface area contributed by atoms with E-state index < -0.39 is 16.0 Å². The van der Waals surface area contributed by atoms with E-state index in [0.717, 1.165) is 0 Å². The number of sulfonamides is 1. The van der Waals surface area contributed by atoms with Gasteiger partial charge in [-0.05, 0) is 24.6 Å². The first-order valence-corrected chi connectivity index (χ1v) is 7.29. The van der Waals surface area contributed by atoms with Crippen LogP contribution in [0.4, 0.5) is 5.69 Å². The fraction of sp³-hybridized carbons (Fsp3) is 0.273. The summed E-state index contributed by atoms with van der Waals surface area (Å²) in [7, 11) is -3.68. The second kappa shape index (κ2) is 6.41. The molecule has 0 heterocycles. The largest absolute Gasteiger partial charge is 0.481 e. The van der Waals surface area contributed by atoms with Gasteiger partial charge >= 0.3 is 5.97 Å². The summed E-state index contributed by atoms with van der Waals surface area (Å²) >= 11 is 5.81. The molecule has 0 saturated carbocycles. The van der Waals surface area contributed by atoms with Gasteiger partial charge in [-0.1, -0.05) is 11.6 Å². The number of benzene rings is 1. The average Bonchev–Trinajstić information content (AvgIpc) is 2.31. The topological polar surface area (TPSA) is 107 Å². The average molecular weight is 303 g/mol. The third kappa shape index (κ3) is 5.16. The zero-order valence-electron chi connectivity index (χ0n) is 9.76. The first-order valence-electron chi connectivity index (χ1n) is 5.26. The minimum absolute atomic E-state index is 0.000225. The van der Waals surface area contributed by atoms with Crippen molar-refractivity contribution in [2.24, 2.45) is 0 Å². The smallest absolute Gasteiger partial charge is 0.303 e. The van der Waals surface area contributed by atoms with Crippen molar-refractivity contribution in [1.29, 1.82) is 5.26 Å². The Balaban J connectivity index is 2.78. The number of hydrogen-bond acceptors (Lipinski definition) is 4. The first kappa shape index (κ1) is 15.3. The maximum atomic E-state index is 11.7. The number of anilines is 1. The van der Waals surface area contributed by atoms with Crippen molar-refractivity contribution in [2.45, 2.75) is 12.8 Å². The molecule has 1 rings (SSSR count). The minimum atomic E-state index is -3.68. The van der Waals surface area contributed by atoms with Crippen LogP contribution in [0.5, 0.6) is 0 Å². The van der Waals surface area contributed by atoms with Crippen LogP contribution < -0.4 is 4.72 Å². The Hall–Kier alpha value is -1.78. The number of nitrogens with one attached hydrogen (secondary N) is 1. The van der Waals surface area contributed by atoms with Gasteiger partial charge in [-0.25, -0.2) is 8.42 Å². The van der Waals surface area contributed by atoms with E-state index in [1.54, 1.807) is 0 Å². The molecular formula is C11H11ClN2O4S. The third-order valence-electron chi connectivity index (χ3n) is 2.16. The summed E-state index contributed by atoms with van der Waals surface area (Å²) < 4.78 is 25.6. The lowest BCUT2D eigenvalue weighted by molar-refractivity contribution is -0.137. The number of carboxylic acid groups (broad SMARTS) is 1. The Morgan fingerprint density at radius 2 is 2.16 bits per heavy atom. The fourth-order valence-electron chi connectivity index (χ4n) is 1.31. The summed E-state index contributed by atoms with van der Waals surface area (Å²) in [5, 5.41) is 17.3. The quantitative estimate of drug-likeness (QED) is 0.833. The van der Waals surface area contributed by atoms with Gasteiger partial charge in [0.1, 0.15) is 0 Å². The van der Waals surface area contributed by atoms with Crippen LogP contribution in [0.25, 0.3) is 0 Å². The number of hydrogen-bond donors (Lipinski definition) is 2. The number of nitriles is 1. The third-order valence-corrected chi connectivity index (χ3v) is 3.85. The molecule has 1 aromatic carbocycles. The first-order chi connectivity index (χ1) is 8.84. The molecule has 1 aromatic rings.